The lowest BCUT2D eigenvalue weighted by Gasteiger charge is -2.08. The number of hydrogen-bond donors (Lipinski definition) is 0. The summed E-state index contributed by atoms with van der Waals surface area (Å²) in [5.74, 6) is 2.48. The standard InChI is InChI=1S/C38H44S4/c1-3-5-7-9-11-13-19-39-37-23-29-21-27-15-17-32-31(33(27)25-35(29)41-37)18-16-28-22-30-24-38(42-36(30)26-34(28)32)40-20-14-12-10-8-6-4-2/h15-18,21-26H,3-14,19-20H2,1-2H3. The van der Waals surface area contributed by atoms with E-state index in [2.05, 4.69) is 98.0 Å². The van der Waals surface area contributed by atoms with Gasteiger partial charge in [-0.1, -0.05) is 102 Å². The van der Waals surface area contributed by atoms with Crippen molar-refractivity contribution in [3.8, 4) is 0 Å². The maximum atomic E-state index is 2.46. The summed E-state index contributed by atoms with van der Waals surface area (Å²) in [5.41, 5.74) is 0. The number of benzene rings is 4. The summed E-state index contributed by atoms with van der Waals surface area (Å²) in [7, 11) is 0. The van der Waals surface area contributed by atoms with Crippen molar-refractivity contribution in [2.75, 3.05) is 11.5 Å². The zero-order chi connectivity index (χ0) is 28.7. The van der Waals surface area contributed by atoms with Crippen molar-refractivity contribution in [3.05, 3.63) is 60.7 Å². The van der Waals surface area contributed by atoms with Gasteiger partial charge in [-0.15, -0.1) is 46.2 Å². The summed E-state index contributed by atoms with van der Waals surface area (Å²) in [5, 5.41) is 11.0. The van der Waals surface area contributed by atoms with Crippen LogP contribution < -0.4 is 0 Å². The minimum absolute atomic E-state index is 1.24. The fraction of sp³-hybridized carbons (Fsp3) is 0.421. The summed E-state index contributed by atoms with van der Waals surface area (Å²) < 4.78 is 5.77. The number of thioether (sulfide) groups is 2. The van der Waals surface area contributed by atoms with Crippen LogP contribution in [0.3, 0.4) is 0 Å². The average molecular weight is 629 g/mol. The minimum atomic E-state index is 1.24. The van der Waals surface area contributed by atoms with Crippen molar-refractivity contribution < 1.29 is 0 Å². The quantitative estimate of drug-likeness (QED) is 0.0594. The Hall–Kier alpha value is -1.72. The van der Waals surface area contributed by atoms with Gasteiger partial charge in [0, 0.05) is 9.40 Å². The smallest absolute Gasteiger partial charge is 0.0611 e. The molecule has 0 spiro atoms. The Balaban J connectivity index is 1.20. The van der Waals surface area contributed by atoms with Gasteiger partial charge >= 0.3 is 0 Å². The van der Waals surface area contributed by atoms with E-state index >= 15 is 0 Å². The monoisotopic (exact) mass is 628 g/mol. The van der Waals surface area contributed by atoms with Crippen molar-refractivity contribution in [1.82, 2.24) is 0 Å². The second-order valence-electron chi connectivity index (χ2n) is 11.8. The van der Waals surface area contributed by atoms with Crippen LogP contribution in [0.4, 0.5) is 0 Å². The molecule has 4 aromatic carbocycles. The molecule has 6 rings (SSSR count). The van der Waals surface area contributed by atoms with Gasteiger partial charge in [0.05, 0.1) is 8.42 Å². The summed E-state index contributed by atoms with van der Waals surface area (Å²) >= 11 is 8.06. The molecule has 0 radical (unpaired) electrons. The first kappa shape index (κ1) is 30.3. The molecule has 0 amide bonds. The van der Waals surface area contributed by atoms with E-state index in [9.17, 15) is 0 Å². The van der Waals surface area contributed by atoms with Crippen molar-refractivity contribution in [2.24, 2.45) is 0 Å². The Bertz CT molecular complexity index is 1640. The second kappa shape index (κ2) is 14.8. The average Bonchev–Trinajstić information content (AvgIpc) is 3.59. The minimum Gasteiger partial charge on any atom is -0.129 e. The van der Waals surface area contributed by atoms with Crippen LogP contribution in [0.5, 0.6) is 0 Å². The highest BCUT2D eigenvalue weighted by Gasteiger charge is 2.11. The van der Waals surface area contributed by atoms with Crippen LogP contribution in [0.15, 0.2) is 69.1 Å². The third-order valence-electron chi connectivity index (χ3n) is 8.55. The fourth-order valence-electron chi connectivity index (χ4n) is 6.15. The molecule has 2 heterocycles. The van der Waals surface area contributed by atoms with Gasteiger partial charge in [0.25, 0.3) is 0 Å². The molecule has 220 valence electrons. The van der Waals surface area contributed by atoms with E-state index in [0.29, 0.717) is 0 Å². The van der Waals surface area contributed by atoms with Crippen molar-refractivity contribution in [1.29, 1.82) is 0 Å². The van der Waals surface area contributed by atoms with Crippen molar-refractivity contribution >= 4 is 98.7 Å². The molecule has 0 saturated carbocycles. The molecule has 0 N–H and O–H groups in total. The molecular weight excluding hydrogens is 585 g/mol. The molecule has 0 unspecified atom stereocenters. The van der Waals surface area contributed by atoms with Crippen LogP contribution in [-0.2, 0) is 0 Å². The van der Waals surface area contributed by atoms with E-state index in [4.69, 9.17) is 0 Å². The summed E-state index contributed by atoms with van der Waals surface area (Å²) in [4.78, 5) is 0. The van der Waals surface area contributed by atoms with Gasteiger partial charge < -0.3 is 0 Å². The van der Waals surface area contributed by atoms with Gasteiger partial charge in [-0.2, -0.15) is 0 Å². The maximum absolute atomic E-state index is 2.46. The Morgan fingerprint density at radius 1 is 0.429 bits per heavy atom. The zero-order valence-electron chi connectivity index (χ0n) is 25.3. The number of hydrogen-bond acceptors (Lipinski definition) is 4. The van der Waals surface area contributed by atoms with E-state index in [1.54, 1.807) is 0 Å². The number of fused-ring (bicyclic) bond motifs is 7. The highest BCUT2D eigenvalue weighted by molar-refractivity contribution is 8.01. The Labute approximate surface area is 268 Å². The lowest BCUT2D eigenvalue weighted by molar-refractivity contribution is 0.627. The first-order valence-corrected chi connectivity index (χ1v) is 19.9. The summed E-state index contributed by atoms with van der Waals surface area (Å²) in [6.07, 6.45) is 16.4. The Kier molecular flexibility index (Phi) is 10.7. The van der Waals surface area contributed by atoms with Crippen LogP contribution in [0.1, 0.15) is 90.9 Å². The molecule has 42 heavy (non-hydrogen) atoms. The van der Waals surface area contributed by atoms with Gasteiger partial charge in [-0.3, -0.25) is 0 Å². The largest absolute Gasteiger partial charge is 0.129 e. The first-order chi connectivity index (χ1) is 20.7. The highest BCUT2D eigenvalue weighted by atomic mass is 32.2. The van der Waals surface area contributed by atoms with E-state index in [0.717, 1.165) is 0 Å². The van der Waals surface area contributed by atoms with E-state index in [1.807, 2.05) is 22.7 Å². The van der Waals surface area contributed by atoms with Crippen LogP contribution >= 0.6 is 46.2 Å². The van der Waals surface area contributed by atoms with Gasteiger partial charge in [-0.25, -0.2) is 0 Å². The van der Waals surface area contributed by atoms with E-state index in [-0.39, 0.29) is 0 Å². The normalized spacial score (nSPS) is 12.1. The molecule has 0 saturated heterocycles. The number of unbranched alkanes of at least 4 members (excludes halogenated alkanes) is 10. The summed E-state index contributed by atoms with van der Waals surface area (Å²) in [6, 6.07) is 24.0. The second-order valence-corrected chi connectivity index (χ2v) is 16.8. The van der Waals surface area contributed by atoms with Crippen LogP contribution in [-0.4, -0.2) is 11.5 Å². The van der Waals surface area contributed by atoms with E-state index in [1.165, 1.54) is 149 Å². The van der Waals surface area contributed by atoms with Crippen molar-refractivity contribution in [3.63, 3.8) is 0 Å². The lowest BCUT2D eigenvalue weighted by Crippen LogP contribution is -1.81. The molecular formula is C38H44S4. The highest BCUT2D eigenvalue weighted by Crippen LogP contribution is 2.41. The summed E-state index contributed by atoms with van der Waals surface area (Å²) in [6.45, 7) is 4.58. The molecule has 0 atom stereocenters. The van der Waals surface area contributed by atoms with Gasteiger partial charge in [0.1, 0.15) is 0 Å². The predicted molar refractivity (Wildman–Crippen MR) is 198 cm³/mol. The van der Waals surface area contributed by atoms with Crippen LogP contribution in [0.25, 0.3) is 52.5 Å². The predicted octanol–water partition coefficient (Wildman–Crippen LogP) is 14.5. The molecule has 0 aliphatic heterocycles. The van der Waals surface area contributed by atoms with Crippen LogP contribution in [0, 0.1) is 0 Å². The Morgan fingerprint density at radius 3 is 1.31 bits per heavy atom. The molecule has 0 bridgehead atoms. The zero-order valence-corrected chi connectivity index (χ0v) is 28.6. The third-order valence-corrected chi connectivity index (χ3v) is 13.3. The van der Waals surface area contributed by atoms with Gasteiger partial charge in [-0.05, 0) is 104 Å². The van der Waals surface area contributed by atoms with Crippen molar-refractivity contribution in [2.45, 2.75) is 99.3 Å². The topological polar surface area (TPSA) is 0 Å². The number of thiophene rings is 2. The molecule has 2 aromatic heterocycles. The number of rotatable bonds is 16. The lowest BCUT2D eigenvalue weighted by atomic mass is 9.96. The Morgan fingerprint density at radius 2 is 0.857 bits per heavy atom. The SMILES string of the molecule is CCCCCCCCSc1cc2cc3ccc4c5cc6sc(SCCCCCCCC)cc6cc5ccc4c3cc2s1. The molecule has 0 aliphatic carbocycles. The van der Waals surface area contributed by atoms with Crippen LogP contribution in [0.2, 0.25) is 0 Å². The third kappa shape index (κ3) is 7.15. The molecule has 6 aromatic rings. The molecule has 0 nitrogen and oxygen atoms in total. The molecule has 0 fully saturated rings. The maximum Gasteiger partial charge on any atom is 0.0611 e. The van der Waals surface area contributed by atoms with E-state index < -0.39 is 0 Å². The first-order valence-electron chi connectivity index (χ1n) is 16.3. The molecule has 0 aliphatic rings. The fourth-order valence-corrected chi connectivity index (χ4v) is 10.8. The van der Waals surface area contributed by atoms with Gasteiger partial charge in [0.2, 0.25) is 0 Å². The molecule has 4 heteroatoms. The van der Waals surface area contributed by atoms with Gasteiger partial charge in [0.15, 0.2) is 0 Å².